The summed E-state index contributed by atoms with van der Waals surface area (Å²) >= 11 is 0. The molecule has 0 spiro atoms. The molecule has 168 valence electrons. The second-order valence-electron chi connectivity index (χ2n) is 8.03. The summed E-state index contributed by atoms with van der Waals surface area (Å²) in [6.45, 7) is 10.2. The molecule has 2 aromatic rings. The minimum Gasteiger partial charge on any atom is -0.357 e. The number of aliphatic imine (C=N–C) groups is 1. The van der Waals surface area contributed by atoms with Crippen molar-refractivity contribution in [3.05, 3.63) is 70.3 Å². The molecule has 1 fully saturated rings. The molecule has 0 aromatic heterocycles. The summed E-state index contributed by atoms with van der Waals surface area (Å²) in [6, 6.07) is 14.4. The van der Waals surface area contributed by atoms with E-state index in [1.807, 2.05) is 29.2 Å². The Balaban J connectivity index is 0.00000341. The van der Waals surface area contributed by atoms with Gasteiger partial charge in [-0.15, -0.1) is 24.0 Å². The predicted octanol–water partition coefficient (Wildman–Crippen LogP) is 4.80. The van der Waals surface area contributed by atoms with Gasteiger partial charge in [-0.2, -0.15) is 0 Å². The first-order valence-corrected chi connectivity index (χ1v) is 11.0. The second-order valence-corrected chi connectivity index (χ2v) is 8.03. The summed E-state index contributed by atoms with van der Waals surface area (Å²) in [7, 11) is 0. The molecule has 6 heteroatoms. The number of halogens is 1. The average molecular weight is 534 g/mol. The van der Waals surface area contributed by atoms with Gasteiger partial charge in [-0.1, -0.05) is 35.9 Å². The van der Waals surface area contributed by atoms with Crippen molar-refractivity contribution >= 4 is 35.8 Å². The van der Waals surface area contributed by atoms with Crippen LogP contribution < -0.4 is 10.6 Å². The van der Waals surface area contributed by atoms with E-state index in [0.717, 1.165) is 56.1 Å². The van der Waals surface area contributed by atoms with Gasteiger partial charge >= 0.3 is 0 Å². The molecular formula is C25H35IN4O. The van der Waals surface area contributed by atoms with Crippen molar-refractivity contribution < 1.29 is 4.79 Å². The molecule has 2 aromatic carbocycles. The second kappa shape index (κ2) is 12.7. The number of aryl methyl sites for hydroxylation is 2. The lowest BCUT2D eigenvalue weighted by Gasteiger charge is -2.26. The first-order chi connectivity index (χ1) is 14.6. The van der Waals surface area contributed by atoms with E-state index in [-0.39, 0.29) is 29.9 Å². The van der Waals surface area contributed by atoms with E-state index in [4.69, 9.17) is 4.99 Å². The maximum Gasteiger partial charge on any atom is 0.253 e. The SMILES string of the molecule is CCNC(=NCc1ccc(C(=O)N2CCCCC2)cc1)NCc1ccc(C)cc1C.I. The van der Waals surface area contributed by atoms with Gasteiger partial charge < -0.3 is 15.5 Å². The van der Waals surface area contributed by atoms with Gasteiger partial charge in [-0.05, 0) is 68.9 Å². The number of hydrogen-bond donors (Lipinski definition) is 2. The van der Waals surface area contributed by atoms with Crippen molar-refractivity contribution in [3.8, 4) is 0 Å². The van der Waals surface area contributed by atoms with Crippen LogP contribution in [-0.2, 0) is 13.1 Å². The molecule has 0 aliphatic carbocycles. The normalized spacial score (nSPS) is 14.0. The Hall–Kier alpha value is -2.09. The first-order valence-electron chi connectivity index (χ1n) is 11.0. The number of hydrogen-bond acceptors (Lipinski definition) is 2. The number of likely N-dealkylation sites (tertiary alicyclic amines) is 1. The number of nitrogens with zero attached hydrogens (tertiary/aromatic N) is 2. The van der Waals surface area contributed by atoms with Crippen molar-refractivity contribution in [2.45, 2.75) is 53.1 Å². The Morgan fingerprint density at radius 1 is 1.00 bits per heavy atom. The Morgan fingerprint density at radius 2 is 1.71 bits per heavy atom. The number of benzene rings is 2. The molecule has 1 aliphatic heterocycles. The molecule has 1 saturated heterocycles. The van der Waals surface area contributed by atoms with Crippen LogP contribution in [0.4, 0.5) is 0 Å². The van der Waals surface area contributed by atoms with Crippen LogP contribution in [0.1, 0.15) is 58.8 Å². The molecule has 0 atom stereocenters. The summed E-state index contributed by atoms with van der Waals surface area (Å²) in [5.74, 6) is 0.944. The van der Waals surface area contributed by atoms with Crippen LogP contribution >= 0.6 is 24.0 Å². The third-order valence-electron chi connectivity index (χ3n) is 5.55. The van der Waals surface area contributed by atoms with Gasteiger partial charge in [0.05, 0.1) is 6.54 Å². The van der Waals surface area contributed by atoms with E-state index in [0.29, 0.717) is 6.54 Å². The number of amides is 1. The zero-order valence-electron chi connectivity index (χ0n) is 18.9. The first kappa shape index (κ1) is 25.2. The highest BCUT2D eigenvalue weighted by Gasteiger charge is 2.17. The van der Waals surface area contributed by atoms with Gasteiger partial charge in [0, 0.05) is 31.7 Å². The van der Waals surface area contributed by atoms with Gasteiger partial charge in [0.25, 0.3) is 5.91 Å². The lowest BCUT2D eigenvalue weighted by Crippen LogP contribution is -2.37. The minimum atomic E-state index is 0. The van der Waals surface area contributed by atoms with Gasteiger partial charge in [0.2, 0.25) is 0 Å². The fourth-order valence-corrected chi connectivity index (χ4v) is 3.77. The number of carbonyl (C=O) groups is 1. The Bertz CT molecular complexity index is 874. The van der Waals surface area contributed by atoms with E-state index in [1.54, 1.807) is 0 Å². The fourth-order valence-electron chi connectivity index (χ4n) is 3.77. The molecule has 2 N–H and O–H groups in total. The molecule has 1 heterocycles. The van der Waals surface area contributed by atoms with E-state index in [2.05, 4.69) is 49.6 Å². The number of carbonyl (C=O) groups excluding carboxylic acids is 1. The minimum absolute atomic E-state index is 0. The van der Waals surface area contributed by atoms with E-state index in [9.17, 15) is 4.79 Å². The quantitative estimate of drug-likeness (QED) is 0.318. The van der Waals surface area contributed by atoms with Crippen LogP contribution in [0.2, 0.25) is 0 Å². The van der Waals surface area contributed by atoms with Gasteiger partial charge in [-0.25, -0.2) is 4.99 Å². The van der Waals surface area contributed by atoms with E-state index in [1.165, 1.54) is 23.1 Å². The van der Waals surface area contributed by atoms with Crippen LogP contribution in [0.5, 0.6) is 0 Å². The summed E-state index contributed by atoms with van der Waals surface area (Å²) in [5, 5.41) is 6.72. The molecule has 0 bridgehead atoms. The van der Waals surface area contributed by atoms with E-state index >= 15 is 0 Å². The molecule has 5 nitrogen and oxygen atoms in total. The van der Waals surface area contributed by atoms with Crippen molar-refractivity contribution in [3.63, 3.8) is 0 Å². The molecule has 3 rings (SSSR count). The number of nitrogens with one attached hydrogen (secondary N) is 2. The van der Waals surface area contributed by atoms with Crippen LogP contribution in [0, 0.1) is 13.8 Å². The molecule has 1 amide bonds. The Morgan fingerprint density at radius 3 is 2.35 bits per heavy atom. The molecule has 0 unspecified atom stereocenters. The van der Waals surface area contributed by atoms with Crippen LogP contribution in [0.25, 0.3) is 0 Å². The zero-order chi connectivity index (χ0) is 21.3. The highest BCUT2D eigenvalue weighted by atomic mass is 127. The smallest absolute Gasteiger partial charge is 0.253 e. The highest BCUT2D eigenvalue weighted by Crippen LogP contribution is 2.14. The zero-order valence-corrected chi connectivity index (χ0v) is 21.2. The molecule has 31 heavy (non-hydrogen) atoms. The largest absolute Gasteiger partial charge is 0.357 e. The van der Waals surface area contributed by atoms with Crippen molar-refractivity contribution in [1.82, 2.24) is 15.5 Å². The molecule has 0 radical (unpaired) electrons. The lowest BCUT2D eigenvalue weighted by atomic mass is 10.1. The van der Waals surface area contributed by atoms with Gasteiger partial charge in [0.15, 0.2) is 5.96 Å². The number of piperidine rings is 1. The molecule has 0 saturated carbocycles. The predicted molar refractivity (Wildman–Crippen MR) is 139 cm³/mol. The third kappa shape index (κ3) is 7.52. The van der Waals surface area contributed by atoms with E-state index < -0.39 is 0 Å². The fraction of sp³-hybridized carbons (Fsp3) is 0.440. The number of guanidine groups is 1. The topological polar surface area (TPSA) is 56.7 Å². The Labute approximate surface area is 203 Å². The molecular weight excluding hydrogens is 499 g/mol. The van der Waals surface area contributed by atoms with Crippen molar-refractivity contribution in [2.75, 3.05) is 19.6 Å². The van der Waals surface area contributed by atoms with Crippen LogP contribution in [0.3, 0.4) is 0 Å². The maximum atomic E-state index is 12.6. The van der Waals surface area contributed by atoms with Crippen LogP contribution in [0.15, 0.2) is 47.5 Å². The van der Waals surface area contributed by atoms with Crippen molar-refractivity contribution in [1.29, 1.82) is 0 Å². The van der Waals surface area contributed by atoms with Crippen molar-refractivity contribution in [2.24, 2.45) is 4.99 Å². The molecule has 1 aliphatic rings. The highest BCUT2D eigenvalue weighted by molar-refractivity contribution is 14.0. The summed E-state index contributed by atoms with van der Waals surface area (Å²) in [5.41, 5.74) is 5.69. The maximum absolute atomic E-state index is 12.6. The van der Waals surface area contributed by atoms with Gasteiger partial charge in [-0.3, -0.25) is 4.79 Å². The Kier molecular flexibility index (Phi) is 10.3. The lowest BCUT2D eigenvalue weighted by molar-refractivity contribution is 0.0724. The van der Waals surface area contributed by atoms with Gasteiger partial charge in [0.1, 0.15) is 0 Å². The van der Waals surface area contributed by atoms with Crippen LogP contribution in [-0.4, -0.2) is 36.4 Å². The summed E-state index contributed by atoms with van der Waals surface area (Å²) in [4.78, 5) is 19.3. The third-order valence-corrected chi connectivity index (χ3v) is 5.55. The summed E-state index contributed by atoms with van der Waals surface area (Å²) < 4.78 is 0. The monoisotopic (exact) mass is 534 g/mol. The standard InChI is InChI=1S/C25H34N4O.HI/c1-4-26-25(28-18-23-11-8-19(2)16-20(23)3)27-17-21-9-12-22(13-10-21)24(30)29-14-6-5-7-15-29;/h8-13,16H,4-7,14-15,17-18H2,1-3H3,(H2,26,27,28);1H. The number of rotatable bonds is 6. The average Bonchev–Trinajstić information content (AvgIpc) is 2.77. The summed E-state index contributed by atoms with van der Waals surface area (Å²) in [6.07, 6.45) is 3.45.